The molecule has 2 aliphatic rings. The third-order valence-electron chi connectivity index (χ3n) is 7.68. The molecule has 0 fully saturated rings. The normalized spacial score (nSPS) is 17.2. The van der Waals surface area contributed by atoms with E-state index in [1.165, 1.54) is 52.9 Å². The van der Waals surface area contributed by atoms with Crippen LogP contribution in [0.25, 0.3) is 16.9 Å². The van der Waals surface area contributed by atoms with Crippen molar-refractivity contribution in [1.29, 1.82) is 0 Å². The zero-order chi connectivity index (χ0) is 23.6. The fraction of sp³-hybridized carbons (Fsp3) is 0.281. The molecule has 1 aromatic heterocycles. The molecule has 3 heteroatoms. The standard InChI is InChI=1S/C32H32N2O/c35-32(33-29-16-9-14-23-10-7-8-15-28(23)29)25-18-20-27(21-19-25)34-30-17-6-2-5-13-26(30)22-31(34)24-11-3-1-4-12-24/h1,3-4,7-8,10-12,15,18-22,29H,2,5-6,9,13-14,16-17H2,(H,33,35)/t29-/m0/s1. The minimum absolute atomic E-state index is 0.00729. The largest absolute Gasteiger partial charge is 0.345 e. The highest BCUT2D eigenvalue weighted by atomic mass is 16.1. The van der Waals surface area contributed by atoms with Crippen LogP contribution in [0.3, 0.4) is 0 Å². The third-order valence-corrected chi connectivity index (χ3v) is 7.68. The minimum Gasteiger partial charge on any atom is -0.345 e. The SMILES string of the molecule is O=C(N[C@H]1CCCc2ccccc21)c1ccc(-n2c(-c3ccccc3)cc3c2CCCCC3)cc1. The molecule has 3 nitrogen and oxygen atoms in total. The van der Waals surface area contributed by atoms with Gasteiger partial charge in [-0.3, -0.25) is 4.79 Å². The maximum atomic E-state index is 13.2. The van der Waals surface area contributed by atoms with Crippen molar-refractivity contribution in [1.82, 2.24) is 9.88 Å². The van der Waals surface area contributed by atoms with E-state index in [4.69, 9.17) is 0 Å². The lowest BCUT2D eigenvalue weighted by molar-refractivity contribution is 0.0933. The summed E-state index contributed by atoms with van der Waals surface area (Å²) in [5, 5.41) is 3.30. The Morgan fingerprint density at radius 2 is 1.49 bits per heavy atom. The molecule has 4 aromatic rings. The van der Waals surface area contributed by atoms with Gasteiger partial charge >= 0.3 is 0 Å². The number of carbonyl (C=O) groups excluding carboxylic acids is 1. The molecule has 1 atom stereocenters. The number of amides is 1. The average Bonchev–Trinajstić information content (AvgIpc) is 3.11. The Morgan fingerprint density at radius 1 is 0.743 bits per heavy atom. The van der Waals surface area contributed by atoms with Crippen LogP contribution in [0.4, 0.5) is 0 Å². The first-order chi connectivity index (χ1) is 17.3. The van der Waals surface area contributed by atoms with E-state index in [-0.39, 0.29) is 11.9 Å². The highest BCUT2D eigenvalue weighted by Crippen LogP contribution is 2.34. The number of aromatic nitrogens is 1. The maximum Gasteiger partial charge on any atom is 0.251 e. The van der Waals surface area contributed by atoms with Crippen LogP contribution in [0.1, 0.15) is 70.9 Å². The summed E-state index contributed by atoms with van der Waals surface area (Å²) in [4.78, 5) is 13.2. The van der Waals surface area contributed by atoms with Gasteiger partial charge in [-0.25, -0.2) is 0 Å². The molecule has 3 aromatic carbocycles. The summed E-state index contributed by atoms with van der Waals surface area (Å²) in [5.41, 5.74) is 9.86. The van der Waals surface area contributed by atoms with Gasteiger partial charge in [-0.15, -0.1) is 0 Å². The van der Waals surface area contributed by atoms with Gasteiger partial charge in [-0.1, -0.05) is 61.0 Å². The van der Waals surface area contributed by atoms with Crippen LogP contribution in [0.15, 0.2) is 84.9 Å². The fourth-order valence-electron chi connectivity index (χ4n) is 5.90. The summed E-state index contributed by atoms with van der Waals surface area (Å²) in [6.45, 7) is 0. The predicted octanol–water partition coefficient (Wildman–Crippen LogP) is 7.22. The summed E-state index contributed by atoms with van der Waals surface area (Å²) < 4.78 is 2.43. The van der Waals surface area contributed by atoms with E-state index in [0.717, 1.165) is 43.4 Å². The lowest BCUT2D eigenvalue weighted by Crippen LogP contribution is -2.30. The van der Waals surface area contributed by atoms with Crippen LogP contribution in [0.5, 0.6) is 0 Å². The van der Waals surface area contributed by atoms with Crippen molar-refractivity contribution in [3.8, 4) is 16.9 Å². The molecule has 1 amide bonds. The van der Waals surface area contributed by atoms with E-state index in [1.807, 2.05) is 12.1 Å². The Balaban J connectivity index is 1.30. The number of rotatable bonds is 4. The number of hydrogen-bond acceptors (Lipinski definition) is 1. The van der Waals surface area contributed by atoms with Crippen LogP contribution >= 0.6 is 0 Å². The number of hydrogen-bond donors (Lipinski definition) is 1. The van der Waals surface area contributed by atoms with Crippen LogP contribution in [-0.2, 0) is 19.3 Å². The second-order valence-electron chi connectivity index (χ2n) is 9.93. The van der Waals surface area contributed by atoms with E-state index in [1.54, 1.807) is 0 Å². The molecule has 6 rings (SSSR count). The van der Waals surface area contributed by atoms with E-state index >= 15 is 0 Å². The zero-order valence-corrected chi connectivity index (χ0v) is 20.2. The third kappa shape index (κ3) is 4.32. The van der Waals surface area contributed by atoms with Crippen LogP contribution < -0.4 is 5.32 Å². The molecule has 0 saturated heterocycles. The summed E-state index contributed by atoms with van der Waals surface area (Å²) >= 11 is 0. The number of fused-ring (bicyclic) bond motifs is 2. The van der Waals surface area contributed by atoms with E-state index in [2.05, 4.69) is 82.7 Å². The van der Waals surface area contributed by atoms with Crippen molar-refractivity contribution >= 4 is 5.91 Å². The van der Waals surface area contributed by atoms with Crippen molar-refractivity contribution in [3.63, 3.8) is 0 Å². The summed E-state index contributed by atoms with van der Waals surface area (Å²) in [6, 6.07) is 29.8. The second-order valence-corrected chi connectivity index (χ2v) is 9.93. The van der Waals surface area contributed by atoms with E-state index < -0.39 is 0 Å². The first-order valence-corrected chi connectivity index (χ1v) is 13.1. The van der Waals surface area contributed by atoms with Gasteiger partial charge in [0.15, 0.2) is 0 Å². The minimum atomic E-state index is 0.00729. The molecule has 35 heavy (non-hydrogen) atoms. The topological polar surface area (TPSA) is 34.0 Å². The zero-order valence-electron chi connectivity index (χ0n) is 20.2. The number of benzene rings is 3. The Labute approximate surface area is 207 Å². The molecule has 0 saturated carbocycles. The molecular formula is C32H32N2O. The number of nitrogens with one attached hydrogen (secondary N) is 1. The second kappa shape index (κ2) is 9.58. The van der Waals surface area contributed by atoms with Crippen molar-refractivity contribution in [2.24, 2.45) is 0 Å². The van der Waals surface area contributed by atoms with Crippen LogP contribution in [0.2, 0.25) is 0 Å². The molecule has 1 heterocycles. The first-order valence-electron chi connectivity index (χ1n) is 13.1. The van der Waals surface area contributed by atoms with Crippen molar-refractivity contribution < 1.29 is 4.79 Å². The molecule has 0 spiro atoms. The molecule has 0 bridgehead atoms. The lowest BCUT2D eigenvalue weighted by Gasteiger charge is -2.26. The van der Waals surface area contributed by atoms with Gasteiger partial charge in [0, 0.05) is 16.9 Å². The van der Waals surface area contributed by atoms with Gasteiger partial charge in [0.05, 0.1) is 11.7 Å². The van der Waals surface area contributed by atoms with E-state index in [0.29, 0.717) is 0 Å². The van der Waals surface area contributed by atoms with Crippen molar-refractivity contribution in [2.75, 3.05) is 0 Å². The Bertz CT molecular complexity index is 1330. The molecule has 2 aliphatic carbocycles. The molecule has 0 radical (unpaired) electrons. The van der Waals surface area contributed by atoms with Gasteiger partial charge in [-0.2, -0.15) is 0 Å². The number of carbonyl (C=O) groups is 1. The van der Waals surface area contributed by atoms with Gasteiger partial charge in [-0.05, 0) is 97.5 Å². The number of nitrogens with zero attached hydrogens (tertiary/aromatic N) is 1. The monoisotopic (exact) mass is 460 g/mol. The maximum absolute atomic E-state index is 13.2. The smallest absolute Gasteiger partial charge is 0.251 e. The quantitative estimate of drug-likeness (QED) is 0.321. The molecule has 1 N–H and O–H groups in total. The summed E-state index contributed by atoms with van der Waals surface area (Å²) in [7, 11) is 0. The Kier molecular flexibility index (Phi) is 5.99. The predicted molar refractivity (Wildman–Crippen MR) is 142 cm³/mol. The summed E-state index contributed by atoms with van der Waals surface area (Å²) in [6.07, 6.45) is 9.24. The van der Waals surface area contributed by atoms with Gasteiger partial charge in [0.25, 0.3) is 5.91 Å². The molecule has 176 valence electrons. The first kappa shape index (κ1) is 21.9. The molecule has 0 unspecified atom stereocenters. The van der Waals surface area contributed by atoms with Gasteiger partial charge < -0.3 is 9.88 Å². The van der Waals surface area contributed by atoms with Crippen LogP contribution in [-0.4, -0.2) is 10.5 Å². The van der Waals surface area contributed by atoms with Gasteiger partial charge in [0.1, 0.15) is 0 Å². The van der Waals surface area contributed by atoms with Crippen molar-refractivity contribution in [2.45, 2.75) is 57.4 Å². The lowest BCUT2D eigenvalue weighted by atomic mass is 9.87. The Morgan fingerprint density at radius 3 is 2.34 bits per heavy atom. The molecular weight excluding hydrogens is 428 g/mol. The van der Waals surface area contributed by atoms with Crippen molar-refractivity contribution in [3.05, 3.63) is 113 Å². The van der Waals surface area contributed by atoms with E-state index in [9.17, 15) is 4.79 Å². The Hall–Kier alpha value is -3.59. The fourth-order valence-corrected chi connectivity index (χ4v) is 5.90. The average molecular weight is 461 g/mol. The van der Waals surface area contributed by atoms with Gasteiger partial charge in [0.2, 0.25) is 0 Å². The number of aryl methyl sites for hydroxylation is 2. The summed E-state index contributed by atoms with van der Waals surface area (Å²) in [5.74, 6) is 0.00729. The highest BCUT2D eigenvalue weighted by Gasteiger charge is 2.23. The van der Waals surface area contributed by atoms with Crippen LogP contribution in [0, 0.1) is 0 Å². The highest BCUT2D eigenvalue weighted by molar-refractivity contribution is 5.94. The molecule has 0 aliphatic heterocycles.